The summed E-state index contributed by atoms with van der Waals surface area (Å²) in [4.78, 5) is 40.4. The number of methoxy groups -OCH3 is 1. The van der Waals surface area contributed by atoms with Crippen LogP contribution in [0.4, 0.5) is 0 Å². The predicted molar refractivity (Wildman–Crippen MR) is 135 cm³/mol. The second kappa shape index (κ2) is 10.6. The van der Waals surface area contributed by atoms with Crippen molar-refractivity contribution in [3.63, 3.8) is 0 Å². The molecule has 0 aliphatic carbocycles. The second-order valence-corrected chi connectivity index (χ2v) is 8.89. The SMILES string of the molecule is COc1ccc2cc1OCC(=O)NCc1ccc(cc1)O[C@H]1CN(C(=O)c3ccccc3)C[C@@H]1NC2=O. The Morgan fingerprint density at radius 3 is 2.54 bits per heavy atom. The Morgan fingerprint density at radius 2 is 1.78 bits per heavy atom. The molecule has 2 atom stereocenters. The lowest BCUT2D eigenvalue weighted by atomic mass is 10.1. The van der Waals surface area contributed by atoms with Crippen molar-refractivity contribution in [3.05, 3.63) is 89.5 Å². The maximum absolute atomic E-state index is 13.3. The molecular formula is C28H27N3O6. The molecule has 3 aromatic carbocycles. The van der Waals surface area contributed by atoms with Gasteiger partial charge in [-0.25, -0.2) is 0 Å². The molecule has 3 aromatic rings. The molecule has 9 heteroatoms. The summed E-state index contributed by atoms with van der Waals surface area (Å²) in [5.74, 6) is 0.494. The molecule has 0 unspecified atom stereocenters. The summed E-state index contributed by atoms with van der Waals surface area (Å²) in [6.45, 7) is 0.697. The van der Waals surface area contributed by atoms with Crippen molar-refractivity contribution in [2.45, 2.75) is 18.7 Å². The van der Waals surface area contributed by atoms with Crippen LogP contribution in [0.3, 0.4) is 0 Å². The van der Waals surface area contributed by atoms with Gasteiger partial charge in [0.25, 0.3) is 17.7 Å². The van der Waals surface area contributed by atoms with E-state index < -0.39 is 12.1 Å². The van der Waals surface area contributed by atoms with E-state index in [-0.39, 0.29) is 30.1 Å². The van der Waals surface area contributed by atoms with Crippen molar-refractivity contribution in [2.24, 2.45) is 0 Å². The number of amides is 3. The van der Waals surface area contributed by atoms with E-state index >= 15 is 0 Å². The van der Waals surface area contributed by atoms with Crippen molar-refractivity contribution >= 4 is 17.7 Å². The molecule has 190 valence electrons. The van der Waals surface area contributed by atoms with Gasteiger partial charge in [0.2, 0.25) is 0 Å². The first kappa shape index (κ1) is 24.2. The zero-order valence-corrected chi connectivity index (χ0v) is 20.3. The van der Waals surface area contributed by atoms with Crippen LogP contribution in [-0.2, 0) is 11.3 Å². The first-order valence-corrected chi connectivity index (χ1v) is 12.0. The lowest BCUT2D eigenvalue weighted by Gasteiger charge is -2.21. The van der Waals surface area contributed by atoms with Gasteiger partial charge in [-0.2, -0.15) is 0 Å². The zero-order valence-electron chi connectivity index (χ0n) is 20.3. The highest BCUT2D eigenvalue weighted by atomic mass is 16.5. The summed E-state index contributed by atoms with van der Waals surface area (Å²) in [6, 6.07) is 20.7. The Bertz CT molecular complexity index is 1300. The van der Waals surface area contributed by atoms with Gasteiger partial charge in [-0.1, -0.05) is 30.3 Å². The number of ether oxygens (including phenoxy) is 3. The summed E-state index contributed by atoms with van der Waals surface area (Å²) in [5.41, 5.74) is 1.80. The number of nitrogens with zero attached hydrogens (tertiary/aromatic N) is 1. The predicted octanol–water partition coefficient (Wildman–Crippen LogP) is 2.41. The van der Waals surface area contributed by atoms with Crippen molar-refractivity contribution in [1.82, 2.24) is 15.5 Å². The molecule has 1 saturated heterocycles. The number of nitrogens with one attached hydrogen (secondary N) is 2. The van der Waals surface area contributed by atoms with E-state index in [1.165, 1.54) is 13.2 Å². The van der Waals surface area contributed by atoms with Gasteiger partial charge in [-0.3, -0.25) is 14.4 Å². The Hall–Kier alpha value is -4.53. The topological polar surface area (TPSA) is 106 Å². The highest BCUT2D eigenvalue weighted by Gasteiger charge is 2.38. The summed E-state index contributed by atoms with van der Waals surface area (Å²) in [5, 5.41) is 5.83. The third-order valence-corrected chi connectivity index (χ3v) is 6.38. The van der Waals surface area contributed by atoms with Gasteiger partial charge in [0, 0.05) is 24.2 Å². The largest absolute Gasteiger partial charge is 0.493 e. The molecular weight excluding hydrogens is 474 g/mol. The maximum atomic E-state index is 13.3. The highest BCUT2D eigenvalue weighted by Crippen LogP contribution is 2.29. The van der Waals surface area contributed by atoms with Crippen LogP contribution >= 0.6 is 0 Å². The lowest BCUT2D eigenvalue weighted by Crippen LogP contribution is -2.45. The van der Waals surface area contributed by atoms with Gasteiger partial charge in [-0.05, 0) is 48.0 Å². The summed E-state index contributed by atoms with van der Waals surface area (Å²) < 4.78 is 17.3. The third kappa shape index (κ3) is 5.50. The smallest absolute Gasteiger partial charge is 0.258 e. The molecule has 0 spiro atoms. The van der Waals surface area contributed by atoms with Crippen LogP contribution in [0, 0.1) is 0 Å². The van der Waals surface area contributed by atoms with Crippen molar-refractivity contribution in [3.8, 4) is 17.2 Å². The van der Waals surface area contributed by atoms with Crippen LogP contribution in [0.1, 0.15) is 26.3 Å². The van der Waals surface area contributed by atoms with E-state index in [2.05, 4.69) is 10.6 Å². The first-order chi connectivity index (χ1) is 18.0. The molecule has 3 heterocycles. The number of hydrogen-bond acceptors (Lipinski definition) is 6. The van der Waals surface area contributed by atoms with E-state index in [1.54, 1.807) is 29.2 Å². The quantitative estimate of drug-likeness (QED) is 0.559. The number of fused-ring (bicyclic) bond motifs is 7. The van der Waals surface area contributed by atoms with Crippen molar-refractivity contribution in [2.75, 3.05) is 26.8 Å². The molecule has 9 nitrogen and oxygen atoms in total. The summed E-state index contributed by atoms with van der Waals surface area (Å²) >= 11 is 0. The third-order valence-electron chi connectivity index (χ3n) is 6.38. The number of likely N-dealkylation sites (tertiary alicyclic amines) is 1. The molecule has 3 amide bonds. The van der Waals surface area contributed by atoms with Crippen LogP contribution in [0.25, 0.3) is 0 Å². The average molecular weight is 502 g/mol. The van der Waals surface area contributed by atoms with Gasteiger partial charge in [0.1, 0.15) is 11.9 Å². The number of rotatable bonds is 2. The van der Waals surface area contributed by atoms with Crippen LogP contribution in [0.2, 0.25) is 0 Å². The minimum atomic E-state index is -0.466. The Kier molecular flexibility index (Phi) is 6.93. The number of carbonyl (C=O) groups is 3. The van der Waals surface area contributed by atoms with E-state index in [0.29, 0.717) is 42.3 Å². The minimum Gasteiger partial charge on any atom is -0.493 e. The van der Waals surface area contributed by atoms with Gasteiger partial charge in [-0.15, -0.1) is 0 Å². The number of carbonyl (C=O) groups excluding carboxylic acids is 3. The minimum absolute atomic E-state index is 0.126. The molecule has 4 bridgehead atoms. The molecule has 0 aromatic heterocycles. The molecule has 2 N–H and O–H groups in total. The molecule has 3 aliphatic heterocycles. The van der Waals surface area contributed by atoms with Gasteiger partial charge in [0.15, 0.2) is 18.1 Å². The normalized spacial score (nSPS) is 19.5. The average Bonchev–Trinajstić information content (AvgIpc) is 3.32. The number of hydrogen-bond donors (Lipinski definition) is 2. The van der Waals surface area contributed by atoms with Crippen LogP contribution in [0.5, 0.6) is 17.2 Å². The van der Waals surface area contributed by atoms with E-state index in [0.717, 1.165) is 5.56 Å². The van der Waals surface area contributed by atoms with Gasteiger partial charge >= 0.3 is 0 Å². The van der Waals surface area contributed by atoms with Crippen LogP contribution in [0.15, 0.2) is 72.8 Å². The Morgan fingerprint density at radius 1 is 1.00 bits per heavy atom. The monoisotopic (exact) mass is 501 g/mol. The van der Waals surface area contributed by atoms with Gasteiger partial charge < -0.3 is 29.7 Å². The highest BCUT2D eigenvalue weighted by molar-refractivity contribution is 5.96. The molecule has 0 radical (unpaired) electrons. The fourth-order valence-electron chi connectivity index (χ4n) is 4.40. The van der Waals surface area contributed by atoms with Crippen LogP contribution < -0.4 is 24.8 Å². The Balaban J connectivity index is 1.45. The molecule has 1 fully saturated rings. The van der Waals surface area contributed by atoms with E-state index in [1.807, 2.05) is 42.5 Å². The molecule has 37 heavy (non-hydrogen) atoms. The molecule has 6 rings (SSSR count). The summed E-state index contributed by atoms with van der Waals surface area (Å²) in [7, 11) is 1.49. The fourth-order valence-corrected chi connectivity index (χ4v) is 4.40. The van der Waals surface area contributed by atoms with E-state index in [9.17, 15) is 14.4 Å². The number of benzene rings is 3. The lowest BCUT2D eigenvalue weighted by molar-refractivity contribution is -0.123. The van der Waals surface area contributed by atoms with Crippen LogP contribution in [-0.4, -0.2) is 61.6 Å². The van der Waals surface area contributed by atoms with Gasteiger partial charge in [0.05, 0.1) is 19.7 Å². The van der Waals surface area contributed by atoms with E-state index in [4.69, 9.17) is 14.2 Å². The Labute approximate surface area is 214 Å². The van der Waals surface area contributed by atoms with Crippen molar-refractivity contribution < 1.29 is 28.6 Å². The second-order valence-electron chi connectivity index (χ2n) is 8.89. The summed E-state index contributed by atoms with van der Waals surface area (Å²) in [6.07, 6.45) is -0.466. The molecule has 3 aliphatic rings. The molecule has 0 saturated carbocycles. The first-order valence-electron chi connectivity index (χ1n) is 12.0. The maximum Gasteiger partial charge on any atom is 0.258 e. The fraction of sp³-hybridized carbons (Fsp3) is 0.250. The standard InChI is InChI=1S/C28H27N3O6/c1-35-23-12-9-20-13-24(23)36-17-26(32)29-14-18-7-10-21(11-8-18)37-25-16-31(15-22(25)30-27(20)33)28(34)19-5-3-2-4-6-19/h2-13,22,25H,14-17H2,1H3,(H,29,32)(H,30,33)/t22-,25-/m0/s1. The zero-order chi connectivity index (χ0) is 25.8. The van der Waals surface area contributed by atoms with Crippen molar-refractivity contribution in [1.29, 1.82) is 0 Å².